The van der Waals surface area contributed by atoms with Crippen molar-refractivity contribution in [2.45, 2.75) is 6.92 Å². The molecule has 1 aliphatic heterocycles. The summed E-state index contributed by atoms with van der Waals surface area (Å²) in [5.74, 6) is -1.27. The van der Waals surface area contributed by atoms with Gasteiger partial charge >= 0.3 is 0 Å². The maximum absolute atomic E-state index is 13.5. The van der Waals surface area contributed by atoms with Crippen molar-refractivity contribution < 1.29 is 22.3 Å². The van der Waals surface area contributed by atoms with Crippen LogP contribution < -0.4 is 15.0 Å². The number of nitrogens with zero attached hydrogens (tertiary/aromatic N) is 2. The largest absolute Gasteiger partial charge is 0.481 e. The van der Waals surface area contributed by atoms with Gasteiger partial charge in [0.25, 0.3) is 5.91 Å². The third-order valence-electron chi connectivity index (χ3n) is 4.88. The highest BCUT2D eigenvalue weighted by atomic mass is 32.2. The number of halogens is 1. The second kappa shape index (κ2) is 9.90. The molecule has 1 amide bonds. The first-order valence-corrected chi connectivity index (χ1v) is 11.4. The average Bonchev–Trinajstić information content (AvgIpc) is 2.73. The molecular weight excluding hydrogens is 409 g/mol. The number of hydrogen-bond acceptors (Lipinski definition) is 5. The third-order valence-corrected chi connectivity index (χ3v) is 6.75. The van der Waals surface area contributed by atoms with E-state index in [4.69, 9.17) is 4.74 Å². The summed E-state index contributed by atoms with van der Waals surface area (Å²) < 4.78 is 45.2. The smallest absolute Gasteiger partial charge is 0.257 e. The summed E-state index contributed by atoms with van der Waals surface area (Å²) in [5.41, 5.74) is 2.26. The number of sulfonamides is 1. The van der Waals surface area contributed by atoms with Crippen molar-refractivity contribution in [3.8, 4) is 5.75 Å². The van der Waals surface area contributed by atoms with Gasteiger partial charge in [0.15, 0.2) is 18.2 Å². The zero-order valence-corrected chi connectivity index (χ0v) is 17.7. The lowest BCUT2D eigenvalue weighted by atomic mass is 10.2. The molecule has 2 aromatic carbocycles. The zero-order valence-electron chi connectivity index (χ0n) is 16.9. The van der Waals surface area contributed by atoms with Gasteiger partial charge in [-0.15, -0.1) is 0 Å². The number of hydrogen-bond donors (Lipinski definition) is 1. The van der Waals surface area contributed by atoms with Crippen molar-refractivity contribution in [1.29, 1.82) is 0 Å². The van der Waals surface area contributed by atoms with Gasteiger partial charge < -0.3 is 15.0 Å². The summed E-state index contributed by atoms with van der Waals surface area (Å²) in [6.45, 7) is 3.66. The number of carbonyl (C=O) groups is 1. The van der Waals surface area contributed by atoms with Crippen LogP contribution in [-0.2, 0) is 14.8 Å². The van der Waals surface area contributed by atoms with Crippen molar-refractivity contribution in [1.82, 2.24) is 9.62 Å². The summed E-state index contributed by atoms with van der Waals surface area (Å²) in [6.07, 6.45) is 0. The van der Waals surface area contributed by atoms with Crippen LogP contribution in [0.5, 0.6) is 5.75 Å². The number of para-hydroxylation sites is 1. The topological polar surface area (TPSA) is 79.0 Å². The van der Waals surface area contributed by atoms with E-state index in [9.17, 15) is 17.6 Å². The maximum atomic E-state index is 13.5. The molecule has 1 N–H and O–H groups in total. The maximum Gasteiger partial charge on any atom is 0.257 e. The molecule has 0 unspecified atom stereocenters. The molecular formula is C21H26FN3O4S. The Balaban J connectivity index is 1.41. The Kier molecular flexibility index (Phi) is 7.28. The molecule has 0 atom stereocenters. The number of piperazine rings is 1. The van der Waals surface area contributed by atoms with Crippen LogP contribution in [0.25, 0.3) is 0 Å². The molecule has 0 bridgehead atoms. The number of nitrogens with one attached hydrogen (secondary N) is 1. The Labute approximate surface area is 176 Å². The minimum atomic E-state index is -3.48. The molecule has 0 radical (unpaired) electrons. The summed E-state index contributed by atoms with van der Waals surface area (Å²) in [6, 6.07) is 13.9. The van der Waals surface area contributed by atoms with Crippen molar-refractivity contribution in [2.75, 3.05) is 50.0 Å². The first-order chi connectivity index (χ1) is 14.3. The fourth-order valence-electron chi connectivity index (χ4n) is 3.25. The second-order valence-corrected chi connectivity index (χ2v) is 9.20. The lowest BCUT2D eigenvalue weighted by Gasteiger charge is -2.35. The molecule has 7 nitrogen and oxygen atoms in total. The van der Waals surface area contributed by atoms with E-state index in [0.29, 0.717) is 26.2 Å². The number of carbonyl (C=O) groups excluding carboxylic acids is 1. The van der Waals surface area contributed by atoms with Gasteiger partial charge in [-0.2, -0.15) is 4.31 Å². The van der Waals surface area contributed by atoms with Gasteiger partial charge in [0.2, 0.25) is 10.0 Å². The van der Waals surface area contributed by atoms with Crippen LogP contribution in [0.2, 0.25) is 0 Å². The summed E-state index contributed by atoms with van der Waals surface area (Å²) >= 11 is 0. The lowest BCUT2D eigenvalue weighted by molar-refractivity contribution is -0.123. The Morgan fingerprint density at radius 1 is 1.10 bits per heavy atom. The first kappa shape index (κ1) is 22.0. The molecule has 1 fully saturated rings. The fourth-order valence-corrected chi connectivity index (χ4v) is 4.59. The molecule has 162 valence electrons. The Hall–Kier alpha value is -2.65. The lowest BCUT2D eigenvalue weighted by Crippen LogP contribution is -2.50. The predicted octanol–water partition coefficient (Wildman–Crippen LogP) is 1.78. The average molecular weight is 436 g/mol. The quantitative estimate of drug-likeness (QED) is 0.684. The van der Waals surface area contributed by atoms with E-state index in [2.05, 4.69) is 16.3 Å². The normalized spacial score (nSPS) is 15.1. The van der Waals surface area contributed by atoms with Gasteiger partial charge in [-0.25, -0.2) is 12.8 Å². The summed E-state index contributed by atoms with van der Waals surface area (Å²) in [5, 5.41) is 2.51. The first-order valence-electron chi connectivity index (χ1n) is 9.78. The van der Waals surface area contributed by atoms with E-state index >= 15 is 0 Å². The van der Waals surface area contributed by atoms with E-state index < -0.39 is 21.7 Å². The van der Waals surface area contributed by atoms with Crippen molar-refractivity contribution in [2.24, 2.45) is 0 Å². The third kappa shape index (κ3) is 5.93. The number of rotatable bonds is 8. The van der Waals surface area contributed by atoms with Crippen molar-refractivity contribution in [3.05, 3.63) is 59.9 Å². The highest BCUT2D eigenvalue weighted by Crippen LogP contribution is 2.19. The minimum absolute atomic E-state index is 0.0215. The van der Waals surface area contributed by atoms with Crippen molar-refractivity contribution in [3.63, 3.8) is 0 Å². The molecule has 1 heterocycles. The van der Waals surface area contributed by atoms with Crippen LogP contribution in [-0.4, -0.2) is 63.7 Å². The molecule has 30 heavy (non-hydrogen) atoms. The molecule has 3 rings (SSSR count). The van der Waals surface area contributed by atoms with Crippen LogP contribution in [0.4, 0.5) is 10.1 Å². The van der Waals surface area contributed by atoms with Gasteiger partial charge in [0.1, 0.15) is 0 Å². The Morgan fingerprint density at radius 3 is 2.53 bits per heavy atom. The van der Waals surface area contributed by atoms with Crippen LogP contribution in [0.15, 0.2) is 48.5 Å². The Bertz CT molecular complexity index is 976. The molecule has 2 aromatic rings. The summed E-state index contributed by atoms with van der Waals surface area (Å²) in [4.78, 5) is 14.0. The molecule has 0 saturated carbocycles. The minimum Gasteiger partial charge on any atom is -0.481 e. The van der Waals surface area contributed by atoms with E-state index in [1.165, 1.54) is 22.5 Å². The number of ether oxygens (including phenoxy) is 1. The van der Waals surface area contributed by atoms with Crippen LogP contribution in [0.1, 0.15) is 5.56 Å². The highest BCUT2D eigenvalue weighted by Gasteiger charge is 2.26. The van der Waals surface area contributed by atoms with Gasteiger partial charge in [-0.1, -0.05) is 24.3 Å². The van der Waals surface area contributed by atoms with E-state index in [0.717, 1.165) is 11.3 Å². The summed E-state index contributed by atoms with van der Waals surface area (Å²) in [7, 11) is -3.48. The fraction of sp³-hybridized carbons (Fsp3) is 0.381. The van der Waals surface area contributed by atoms with Crippen LogP contribution >= 0.6 is 0 Å². The van der Waals surface area contributed by atoms with Crippen molar-refractivity contribution >= 4 is 21.6 Å². The highest BCUT2D eigenvalue weighted by molar-refractivity contribution is 7.89. The molecule has 9 heteroatoms. The van der Waals surface area contributed by atoms with Gasteiger partial charge in [0, 0.05) is 38.4 Å². The standard InChI is InChI=1S/C21H26FN3O4S/c1-17-5-4-6-18(15-17)24-10-12-25(13-11-24)30(27,28)14-9-23-21(26)16-29-20-8-3-2-7-19(20)22/h2-8,15H,9-14,16H2,1H3,(H,23,26). The number of amides is 1. The van der Waals surface area contributed by atoms with Gasteiger partial charge in [-0.3, -0.25) is 4.79 Å². The Morgan fingerprint density at radius 2 is 1.83 bits per heavy atom. The van der Waals surface area contributed by atoms with Gasteiger partial charge in [0.05, 0.1) is 5.75 Å². The zero-order chi connectivity index (χ0) is 21.6. The van der Waals surface area contributed by atoms with E-state index in [-0.39, 0.29) is 24.7 Å². The predicted molar refractivity (Wildman–Crippen MR) is 114 cm³/mol. The molecule has 0 aliphatic carbocycles. The molecule has 0 spiro atoms. The monoisotopic (exact) mass is 435 g/mol. The number of aryl methyl sites for hydroxylation is 1. The molecule has 1 aliphatic rings. The van der Waals surface area contributed by atoms with Gasteiger partial charge in [-0.05, 0) is 36.8 Å². The van der Waals surface area contributed by atoms with E-state index in [1.54, 1.807) is 6.07 Å². The van der Waals surface area contributed by atoms with E-state index in [1.807, 2.05) is 25.1 Å². The SMILES string of the molecule is Cc1cccc(N2CCN(S(=O)(=O)CCNC(=O)COc3ccccc3F)CC2)c1. The second-order valence-electron chi connectivity index (χ2n) is 7.11. The molecule has 1 saturated heterocycles. The number of benzene rings is 2. The van der Waals surface area contributed by atoms with Crippen LogP contribution in [0, 0.1) is 12.7 Å². The van der Waals surface area contributed by atoms with Crippen LogP contribution in [0.3, 0.4) is 0 Å². The number of anilines is 1. The molecule has 0 aromatic heterocycles.